The third kappa shape index (κ3) is 4.71. The van der Waals surface area contributed by atoms with Crippen molar-refractivity contribution in [1.82, 2.24) is 5.32 Å². The van der Waals surface area contributed by atoms with Crippen LogP contribution < -0.4 is 10.1 Å². The molecule has 0 heterocycles. The Balaban J connectivity index is 1.85. The summed E-state index contributed by atoms with van der Waals surface area (Å²) < 4.78 is 5.84. The Bertz CT molecular complexity index is 510. The minimum Gasteiger partial charge on any atom is -0.491 e. The number of hydrogen-bond acceptors (Lipinski definition) is 2. The van der Waals surface area contributed by atoms with Gasteiger partial charge in [-0.05, 0) is 36.6 Å². The van der Waals surface area contributed by atoms with Crippen LogP contribution in [0.3, 0.4) is 0 Å². The first kappa shape index (κ1) is 14.6. The van der Waals surface area contributed by atoms with Crippen LogP contribution in [-0.2, 0) is 13.1 Å². The molecule has 1 unspecified atom stereocenters. The molecule has 0 bridgehead atoms. The van der Waals surface area contributed by atoms with E-state index in [1.807, 2.05) is 12.1 Å². The molecule has 0 aromatic heterocycles. The van der Waals surface area contributed by atoms with Gasteiger partial charge >= 0.3 is 0 Å². The summed E-state index contributed by atoms with van der Waals surface area (Å²) in [6, 6.07) is 18.8. The third-order valence-electron chi connectivity index (χ3n) is 3.31. The fourth-order valence-electron chi connectivity index (χ4n) is 1.99. The van der Waals surface area contributed by atoms with Gasteiger partial charge in [-0.25, -0.2) is 0 Å². The molecule has 0 saturated carbocycles. The zero-order valence-electron chi connectivity index (χ0n) is 12.3. The number of benzene rings is 2. The predicted molar refractivity (Wildman–Crippen MR) is 83.8 cm³/mol. The zero-order chi connectivity index (χ0) is 14.2. The van der Waals surface area contributed by atoms with Gasteiger partial charge in [0, 0.05) is 13.1 Å². The maximum absolute atomic E-state index is 5.84. The van der Waals surface area contributed by atoms with E-state index in [1.54, 1.807) is 0 Å². The summed E-state index contributed by atoms with van der Waals surface area (Å²) in [5, 5.41) is 3.46. The molecular formula is C18H23NO. The quantitative estimate of drug-likeness (QED) is 0.815. The molecule has 1 N–H and O–H groups in total. The Morgan fingerprint density at radius 3 is 2.40 bits per heavy atom. The average molecular weight is 269 g/mol. The molecule has 2 nitrogen and oxygen atoms in total. The summed E-state index contributed by atoms with van der Waals surface area (Å²) in [5.74, 6) is 0.957. The predicted octanol–water partition coefficient (Wildman–Crippen LogP) is 4.15. The van der Waals surface area contributed by atoms with Crippen molar-refractivity contribution in [3.63, 3.8) is 0 Å². The smallest absolute Gasteiger partial charge is 0.120 e. The average Bonchev–Trinajstić information content (AvgIpc) is 2.48. The molecule has 0 radical (unpaired) electrons. The first-order valence-corrected chi connectivity index (χ1v) is 7.28. The lowest BCUT2D eigenvalue weighted by atomic mass is 10.2. The van der Waals surface area contributed by atoms with E-state index in [1.165, 1.54) is 11.1 Å². The molecule has 0 aliphatic carbocycles. The normalized spacial score (nSPS) is 12.1. The molecule has 0 amide bonds. The van der Waals surface area contributed by atoms with E-state index in [-0.39, 0.29) is 6.10 Å². The summed E-state index contributed by atoms with van der Waals surface area (Å²) in [5.41, 5.74) is 2.56. The number of ether oxygens (including phenoxy) is 1. The van der Waals surface area contributed by atoms with E-state index in [2.05, 4.69) is 61.6 Å². The molecule has 2 heteroatoms. The highest BCUT2D eigenvalue weighted by atomic mass is 16.5. The highest BCUT2D eigenvalue weighted by molar-refractivity contribution is 5.28. The Morgan fingerprint density at radius 2 is 1.65 bits per heavy atom. The Kier molecular flexibility index (Phi) is 5.63. The molecule has 0 fully saturated rings. The van der Waals surface area contributed by atoms with Crippen molar-refractivity contribution in [2.45, 2.75) is 39.5 Å². The van der Waals surface area contributed by atoms with Crippen LogP contribution in [0.15, 0.2) is 54.6 Å². The summed E-state index contributed by atoms with van der Waals surface area (Å²) in [6.45, 7) is 5.97. The van der Waals surface area contributed by atoms with E-state index in [4.69, 9.17) is 4.74 Å². The molecule has 0 saturated heterocycles. The van der Waals surface area contributed by atoms with Gasteiger partial charge in [-0.2, -0.15) is 0 Å². The van der Waals surface area contributed by atoms with E-state index >= 15 is 0 Å². The second kappa shape index (κ2) is 7.71. The van der Waals surface area contributed by atoms with Crippen LogP contribution in [0, 0.1) is 0 Å². The van der Waals surface area contributed by atoms with Crippen LogP contribution in [0.4, 0.5) is 0 Å². The largest absolute Gasteiger partial charge is 0.491 e. The van der Waals surface area contributed by atoms with Crippen LogP contribution >= 0.6 is 0 Å². The van der Waals surface area contributed by atoms with Crippen molar-refractivity contribution in [2.75, 3.05) is 0 Å². The molecule has 2 aromatic carbocycles. The van der Waals surface area contributed by atoms with Crippen molar-refractivity contribution in [2.24, 2.45) is 0 Å². The van der Waals surface area contributed by atoms with Crippen molar-refractivity contribution in [3.8, 4) is 5.75 Å². The van der Waals surface area contributed by atoms with Gasteiger partial charge in [-0.1, -0.05) is 49.4 Å². The molecular weight excluding hydrogens is 246 g/mol. The highest BCUT2D eigenvalue weighted by Crippen LogP contribution is 2.15. The van der Waals surface area contributed by atoms with Crippen LogP contribution in [0.2, 0.25) is 0 Å². The molecule has 0 spiro atoms. The fourth-order valence-corrected chi connectivity index (χ4v) is 1.99. The molecule has 1 atom stereocenters. The van der Waals surface area contributed by atoms with Crippen molar-refractivity contribution < 1.29 is 4.74 Å². The zero-order valence-corrected chi connectivity index (χ0v) is 12.3. The van der Waals surface area contributed by atoms with Gasteiger partial charge in [0.2, 0.25) is 0 Å². The SMILES string of the molecule is CCC(C)Oc1cccc(CNCc2ccccc2)c1. The maximum atomic E-state index is 5.84. The van der Waals surface area contributed by atoms with E-state index in [9.17, 15) is 0 Å². The molecule has 106 valence electrons. The minimum absolute atomic E-state index is 0.266. The van der Waals surface area contributed by atoms with E-state index < -0.39 is 0 Å². The number of nitrogens with one attached hydrogen (secondary N) is 1. The molecule has 0 aliphatic rings. The first-order valence-electron chi connectivity index (χ1n) is 7.28. The summed E-state index contributed by atoms with van der Waals surface area (Å²) >= 11 is 0. The highest BCUT2D eigenvalue weighted by Gasteiger charge is 2.02. The minimum atomic E-state index is 0.266. The Morgan fingerprint density at radius 1 is 0.950 bits per heavy atom. The first-order chi connectivity index (χ1) is 9.78. The Labute approximate surface area is 121 Å². The lowest BCUT2D eigenvalue weighted by molar-refractivity contribution is 0.217. The lowest BCUT2D eigenvalue weighted by Gasteiger charge is -2.13. The molecule has 2 rings (SSSR count). The molecule has 0 aliphatic heterocycles. The van der Waals surface area contributed by atoms with Gasteiger partial charge < -0.3 is 10.1 Å². The van der Waals surface area contributed by atoms with E-state index in [0.717, 1.165) is 25.3 Å². The molecule has 20 heavy (non-hydrogen) atoms. The number of hydrogen-bond donors (Lipinski definition) is 1. The van der Waals surface area contributed by atoms with Gasteiger partial charge in [0.1, 0.15) is 5.75 Å². The van der Waals surface area contributed by atoms with Gasteiger partial charge in [-0.15, -0.1) is 0 Å². The van der Waals surface area contributed by atoms with Gasteiger partial charge in [0.05, 0.1) is 6.10 Å². The van der Waals surface area contributed by atoms with Crippen molar-refractivity contribution in [1.29, 1.82) is 0 Å². The van der Waals surface area contributed by atoms with E-state index in [0.29, 0.717) is 0 Å². The van der Waals surface area contributed by atoms with Crippen molar-refractivity contribution >= 4 is 0 Å². The van der Waals surface area contributed by atoms with Gasteiger partial charge in [-0.3, -0.25) is 0 Å². The fraction of sp³-hybridized carbons (Fsp3) is 0.333. The topological polar surface area (TPSA) is 21.3 Å². The third-order valence-corrected chi connectivity index (χ3v) is 3.31. The number of rotatable bonds is 7. The van der Waals surface area contributed by atoms with Crippen LogP contribution in [0.25, 0.3) is 0 Å². The lowest BCUT2D eigenvalue weighted by Crippen LogP contribution is -2.13. The van der Waals surface area contributed by atoms with Gasteiger partial charge in [0.25, 0.3) is 0 Å². The summed E-state index contributed by atoms with van der Waals surface area (Å²) in [7, 11) is 0. The van der Waals surface area contributed by atoms with Crippen LogP contribution in [0.5, 0.6) is 5.75 Å². The summed E-state index contributed by atoms with van der Waals surface area (Å²) in [6.07, 6.45) is 1.29. The molecule has 2 aromatic rings. The van der Waals surface area contributed by atoms with Gasteiger partial charge in [0.15, 0.2) is 0 Å². The second-order valence-electron chi connectivity index (χ2n) is 5.07. The standard InChI is InChI=1S/C18H23NO/c1-3-15(2)20-18-11-7-10-17(12-18)14-19-13-16-8-5-4-6-9-16/h4-12,15,19H,3,13-14H2,1-2H3. The maximum Gasteiger partial charge on any atom is 0.120 e. The monoisotopic (exact) mass is 269 g/mol. The van der Waals surface area contributed by atoms with Crippen molar-refractivity contribution in [3.05, 3.63) is 65.7 Å². The second-order valence-corrected chi connectivity index (χ2v) is 5.07. The van der Waals surface area contributed by atoms with Crippen LogP contribution in [-0.4, -0.2) is 6.10 Å². The van der Waals surface area contributed by atoms with Crippen LogP contribution in [0.1, 0.15) is 31.4 Å². The summed E-state index contributed by atoms with van der Waals surface area (Å²) in [4.78, 5) is 0. The Hall–Kier alpha value is -1.80.